The van der Waals surface area contributed by atoms with Crippen LogP contribution >= 0.6 is 0 Å². The third kappa shape index (κ3) is 3.94. The van der Waals surface area contributed by atoms with Crippen LogP contribution in [0.25, 0.3) is 0 Å². The van der Waals surface area contributed by atoms with Crippen LogP contribution in [0.5, 0.6) is 0 Å². The summed E-state index contributed by atoms with van der Waals surface area (Å²) >= 11 is 0. The van der Waals surface area contributed by atoms with Gasteiger partial charge in [0.05, 0.1) is 0 Å². The molecule has 0 spiro atoms. The zero-order valence-electron chi connectivity index (χ0n) is 12.6. The number of likely N-dealkylation sites (tertiary alicyclic amines) is 1. The smallest absolute Gasteiger partial charge is 0.0236 e. The Hall–Kier alpha value is -0.120. The summed E-state index contributed by atoms with van der Waals surface area (Å²) in [6.45, 7) is 17.3. The van der Waals surface area contributed by atoms with E-state index >= 15 is 0 Å². The Morgan fingerprint density at radius 3 is 2.33 bits per heavy atom. The molecule has 2 heterocycles. The first-order valence-corrected chi connectivity index (χ1v) is 7.87. The predicted molar refractivity (Wildman–Crippen MR) is 78.0 cm³/mol. The van der Waals surface area contributed by atoms with Crippen molar-refractivity contribution in [3.05, 3.63) is 0 Å². The van der Waals surface area contributed by atoms with Crippen LogP contribution in [0.15, 0.2) is 0 Å². The van der Waals surface area contributed by atoms with Crippen molar-refractivity contribution >= 4 is 0 Å². The van der Waals surface area contributed by atoms with Gasteiger partial charge in [0.1, 0.15) is 0 Å². The van der Waals surface area contributed by atoms with Crippen molar-refractivity contribution in [3.8, 4) is 0 Å². The van der Waals surface area contributed by atoms with Gasteiger partial charge in [-0.3, -0.25) is 4.90 Å². The van der Waals surface area contributed by atoms with E-state index in [-0.39, 0.29) is 0 Å². The Bertz CT molecular complexity index is 234. The molecule has 0 aromatic carbocycles. The SMILES string of the molecule is CCCN1CC[C@@H](N2CCN(CC(C)C)CC2)C1. The quantitative estimate of drug-likeness (QED) is 0.739. The standard InChI is InChI=1S/C15H31N3/c1-4-6-16-7-5-15(13-16)18-10-8-17(9-11-18)12-14(2)3/h14-15H,4-13H2,1-3H3/t15-/m1/s1. The van der Waals surface area contributed by atoms with Crippen LogP contribution in [0.4, 0.5) is 0 Å². The largest absolute Gasteiger partial charge is 0.302 e. The van der Waals surface area contributed by atoms with Crippen molar-refractivity contribution in [2.24, 2.45) is 5.92 Å². The molecule has 0 bridgehead atoms. The lowest BCUT2D eigenvalue weighted by atomic mass is 10.1. The normalized spacial score (nSPS) is 28.3. The van der Waals surface area contributed by atoms with Crippen molar-refractivity contribution in [3.63, 3.8) is 0 Å². The summed E-state index contributed by atoms with van der Waals surface area (Å²) in [5, 5.41) is 0. The fourth-order valence-corrected chi connectivity index (χ4v) is 3.46. The van der Waals surface area contributed by atoms with Gasteiger partial charge in [-0.1, -0.05) is 20.8 Å². The van der Waals surface area contributed by atoms with Gasteiger partial charge in [0.15, 0.2) is 0 Å². The summed E-state index contributed by atoms with van der Waals surface area (Å²) in [4.78, 5) is 8.03. The molecule has 2 rings (SSSR count). The van der Waals surface area contributed by atoms with E-state index in [1.54, 1.807) is 0 Å². The van der Waals surface area contributed by atoms with Crippen molar-refractivity contribution in [1.29, 1.82) is 0 Å². The van der Waals surface area contributed by atoms with E-state index in [1.165, 1.54) is 65.2 Å². The fourth-order valence-electron chi connectivity index (χ4n) is 3.46. The molecule has 2 fully saturated rings. The van der Waals surface area contributed by atoms with E-state index in [1.807, 2.05) is 0 Å². The summed E-state index contributed by atoms with van der Waals surface area (Å²) in [5.41, 5.74) is 0. The van der Waals surface area contributed by atoms with Gasteiger partial charge in [0.2, 0.25) is 0 Å². The lowest BCUT2D eigenvalue weighted by Gasteiger charge is -2.38. The summed E-state index contributed by atoms with van der Waals surface area (Å²) < 4.78 is 0. The zero-order valence-corrected chi connectivity index (χ0v) is 12.6. The zero-order chi connectivity index (χ0) is 13.0. The van der Waals surface area contributed by atoms with Crippen molar-refractivity contribution in [1.82, 2.24) is 14.7 Å². The molecule has 0 unspecified atom stereocenters. The maximum atomic E-state index is 2.74. The molecule has 0 amide bonds. The number of rotatable bonds is 5. The topological polar surface area (TPSA) is 9.72 Å². The van der Waals surface area contributed by atoms with E-state index in [0.717, 1.165) is 12.0 Å². The second-order valence-electron chi connectivity index (χ2n) is 6.47. The molecule has 0 saturated carbocycles. The monoisotopic (exact) mass is 253 g/mol. The van der Waals surface area contributed by atoms with Gasteiger partial charge in [-0.2, -0.15) is 0 Å². The van der Waals surface area contributed by atoms with Gasteiger partial charge in [-0.25, -0.2) is 0 Å². The lowest BCUT2D eigenvalue weighted by Crippen LogP contribution is -2.51. The van der Waals surface area contributed by atoms with E-state index in [0.29, 0.717) is 0 Å². The van der Waals surface area contributed by atoms with Crippen LogP contribution in [0.3, 0.4) is 0 Å². The molecule has 106 valence electrons. The molecular weight excluding hydrogens is 222 g/mol. The molecule has 2 saturated heterocycles. The Morgan fingerprint density at radius 1 is 1.00 bits per heavy atom. The molecule has 18 heavy (non-hydrogen) atoms. The average molecular weight is 253 g/mol. The molecule has 0 aromatic rings. The van der Waals surface area contributed by atoms with Gasteiger partial charge in [-0.05, 0) is 31.8 Å². The first-order chi connectivity index (χ1) is 8.69. The number of piperazine rings is 1. The summed E-state index contributed by atoms with van der Waals surface area (Å²) in [6.07, 6.45) is 2.69. The fraction of sp³-hybridized carbons (Fsp3) is 1.00. The Balaban J connectivity index is 1.70. The van der Waals surface area contributed by atoms with E-state index < -0.39 is 0 Å². The molecular formula is C15H31N3. The van der Waals surface area contributed by atoms with Crippen LogP contribution in [-0.2, 0) is 0 Å². The van der Waals surface area contributed by atoms with Crippen molar-refractivity contribution in [2.45, 2.75) is 39.7 Å². The van der Waals surface area contributed by atoms with Crippen molar-refractivity contribution < 1.29 is 0 Å². The molecule has 0 radical (unpaired) electrons. The second kappa shape index (κ2) is 6.88. The molecule has 0 aromatic heterocycles. The summed E-state index contributed by atoms with van der Waals surface area (Å²) in [7, 11) is 0. The minimum Gasteiger partial charge on any atom is -0.302 e. The highest BCUT2D eigenvalue weighted by molar-refractivity contribution is 4.86. The first-order valence-electron chi connectivity index (χ1n) is 7.87. The van der Waals surface area contributed by atoms with Crippen LogP contribution in [0, 0.1) is 5.92 Å². The van der Waals surface area contributed by atoms with Gasteiger partial charge < -0.3 is 9.80 Å². The third-order valence-corrected chi connectivity index (χ3v) is 4.33. The Labute approximate surface area is 113 Å². The van der Waals surface area contributed by atoms with Crippen LogP contribution in [0.1, 0.15) is 33.6 Å². The number of nitrogens with zero attached hydrogens (tertiary/aromatic N) is 3. The Kier molecular flexibility index (Phi) is 5.46. The predicted octanol–water partition coefficient (Wildman–Crippen LogP) is 1.74. The van der Waals surface area contributed by atoms with Gasteiger partial charge in [0.25, 0.3) is 0 Å². The minimum atomic E-state index is 0.808. The molecule has 0 aliphatic carbocycles. The highest BCUT2D eigenvalue weighted by atomic mass is 15.3. The number of hydrogen-bond acceptors (Lipinski definition) is 3. The molecule has 1 atom stereocenters. The maximum Gasteiger partial charge on any atom is 0.0236 e. The van der Waals surface area contributed by atoms with Gasteiger partial charge in [-0.15, -0.1) is 0 Å². The molecule has 2 aliphatic heterocycles. The molecule has 2 aliphatic rings. The minimum absolute atomic E-state index is 0.808. The highest BCUT2D eigenvalue weighted by Crippen LogP contribution is 2.18. The van der Waals surface area contributed by atoms with E-state index in [4.69, 9.17) is 0 Å². The molecule has 3 heteroatoms. The maximum absolute atomic E-state index is 2.74. The van der Waals surface area contributed by atoms with Crippen molar-refractivity contribution in [2.75, 3.05) is 52.4 Å². The summed E-state index contributed by atoms with van der Waals surface area (Å²) in [6, 6.07) is 0.845. The van der Waals surface area contributed by atoms with Crippen LogP contribution in [0.2, 0.25) is 0 Å². The number of hydrogen-bond donors (Lipinski definition) is 0. The molecule has 0 N–H and O–H groups in total. The average Bonchev–Trinajstić information content (AvgIpc) is 2.78. The Morgan fingerprint density at radius 2 is 1.72 bits per heavy atom. The highest BCUT2D eigenvalue weighted by Gasteiger charge is 2.29. The van der Waals surface area contributed by atoms with Crippen LogP contribution in [-0.4, -0.2) is 73.1 Å². The first kappa shape index (κ1) is 14.3. The van der Waals surface area contributed by atoms with Gasteiger partial charge in [0, 0.05) is 45.3 Å². The van der Waals surface area contributed by atoms with E-state index in [9.17, 15) is 0 Å². The third-order valence-electron chi connectivity index (χ3n) is 4.33. The lowest BCUT2D eigenvalue weighted by molar-refractivity contribution is 0.0907. The second-order valence-corrected chi connectivity index (χ2v) is 6.47. The summed E-state index contributed by atoms with van der Waals surface area (Å²) in [5.74, 6) is 0.808. The molecule has 3 nitrogen and oxygen atoms in total. The van der Waals surface area contributed by atoms with Gasteiger partial charge >= 0.3 is 0 Å². The van der Waals surface area contributed by atoms with E-state index in [2.05, 4.69) is 35.5 Å². The van der Waals surface area contributed by atoms with Crippen LogP contribution < -0.4 is 0 Å².